The van der Waals surface area contributed by atoms with Crippen LogP contribution in [0.5, 0.6) is 0 Å². The van der Waals surface area contributed by atoms with Gasteiger partial charge in [-0.2, -0.15) is 18.0 Å². The van der Waals surface area contributed by atoms with Crippen molar-refractivity contribution in [2.45, 2.75) is 18.3 Å². The number of halogens is 4. The number of carbonyl (C=O) groups excluding carboxylic acids is 1. The molecule has 3 rings (SSSR count). The van der Waals surface area contributed by atoms with Gasteiger partial charge >= 0.3 is 12.1 Å². The Morgan fingerprint density at radius 2 is 2.23 bits per heavy atom. The van der Waals surface area contributed by atoms with Crippen molar-refractivity contribution in [3.63, 3.8) is 0 Å². The average Bonchev–Trinajstić information content (AvgIpc) is 3.23. The molecule has 0 radical (unpaired) electrons. The van der Waals surface area contributed by atoms with Crippen molar-refractivity contribution in [1.29, 1.82) is 0 Å². The Balaban J connectivity index is 1.93. The third-order valence-electron chi connectivity index (χ3n) is 3.47. The number of hydrogen-bond donors (Lipinski definition) is 2. The van der Waals surface area contributed by atoms with E-state index in [9.17, 15) is 18.0 Å². The minimum absolute atomic E-state index is 0.165. The Kier molecular flexibility index (Phi) is 4.54. The number of ether oxygens (including phenoxy) is 1. The van der Waals surface area contributed by atoms with Crippen LogP contribution in [0.4, 0.5) is 13.2 Å². The van der Waals surface area contributed by atoms with Gasteiger partial charge in [-0.25, -0.2) is 10.2 Å². The molecule has 2 aromatic rings. The number of allylic oxidation sites excluding steroid dienone is 1. The maximum absolute atomic E-state index is 12.6. The minimum Gasteiger partial charge on any atom is -0.467 e. The monoisotopic (exact) mass is 389 g/mol. The molecule has 0 saturated heterocycles. The molecule has 1 aliphatic rings. The zero-order valence-electron chi connectivity index (χ0n) is 13.1. The highest BCUT2D eigenvalue weighted by Gasteiger charge is 2.46. The molecule has 138 valence electrons. The summed E-state index contributed by atoms with van der Waals surface area (Å²) in [5.74, 6) is -2.08. The Bertz CT molecular complexity index is 869. The predicted molar refractivity (Wildman–Crippen MR) is 80.1 cm³/mol. The lowest BCUT2D eigenvalue weighted by Crippen LogP contribution is -2.50. The van der Waals surface area contributed by atoms with Gasteiger partial charge in [0.25, 0.3) is 5.82 Å². The highest BCUT2D eigenvalue weighted by Crippen LogP contribution is 2.32. The third kappa shape index (κ3) is 3.20. The molecule has 26 heavy (non-hydrogen) atoms. The van der Waals surface area contributed by atoms with Crippen molar-refractivity contribution in [1.82, 2.24) is 36.0 Å². The average molecular weight is 390 g/mol. The van der Waals surface area contributed by atoms with Gasteiger partial charge in [0.1, 0.15) is 6.54 Å². The van der Waals surface area contributed by atoms with Crippen LogP contribution in [-0.4, -0.2) is 38.3 Å². The first-order valence-electron chi connectivity index (χ1n) is 7.05. The predicted octanol–water partition coefficient (Wildman–Crippen LogP) is 0.800. The van der Waals surface area contributed by atoms with E-state index in [4.69, 9.17) is 16.3 Å². The number of esters is 1. The first kappa shape index (κ1) is 18.1. The van der Waals surface area contributed by atoms with Gasteiger partial charge in [0.05, 0.1) is 17.8 Å². The lowest BCUT2D eigenvalue weighted by Gasteiger charge is -2.24. The zero-order valence-corrected chi connectivity index (χ0v) is 13.8. The van der Waals surface area contributed by atoms with Crippen LogP contribution >= 0.6 is 11.6 Å². The third-order valence-corrected chi connectivity index (χ3v) is 3.77. The molecule has 0 fully saturated rings. The van der Waals surface area contributed by atoms with Gasteiger partial charge in [0, 0.05) is 11.9 Å². The number of carbonyl (C=O) groups is 1. The number of alkyl halides is 3. The number of rotatable bonds is 4. The van der Waals surface area contributed by atoms with Crippen LogP contribution in [0.2, 0.25) is 5.02 Å². The highest BCUT2D eigenvalue weighted by atomic mass is 35.5. The lowest BCUT2D eigenvalue weighted by molar-refractivity contribution is -0.147. The summed E-state index contributed by atoms with van der Waals surface area (Å²) in [7, 11) is 1.18. The van der Waals surface area contributed by atoms with Gasteiger partial charge in [0.15, 0.2) is 5.54 Å². The van der Waals surface area contributed by atoms with Crippen molar-refractivity contribution in [2.24, 2.45) is 0 Å². The Labute approximate surface area is 149 Å². The van der Waals surface area contributed by atoms with Crippen molar-refractivity contribution in [2.75, 3.05) is 7.11 Å². The van der Waals surface area contributed by atoms with Gasteiger partial charge in [0.2, 0.25) is 0 Å². The molecule has 9 nitrogen and oxygen atoms in total. The van der Waals surface area contributed by atoms with Crippen LogP contribution in [0.25, 0.3) is 0 Å². The SMILES string of the molecule is COC(=O)C1(c2ncccc2Cl)C=C(Cn2nnc(C(F)(F)F)n2)NN1. The number of pyridine rings is 1. The standard InChI is InChI=1S/C13H11ClF3N7O2/c1-26-11(25)12(9-8(14)3-2-4-18-9)5-7(19-22-12)6-24-21-10(20-23-24)13(15,16)17/h2-5,19,22H,6H2,1H3. The fourth-order valence-corrected chi connectivity index (χ4v) is 2.62. The molecule has 0 spiro atoms. The number of aromatic nitrogens is 5. The molecule has 0 bridgehead atoms. The van der Waals surface area contributed by atoms with E-state index in [1.807, 2.05) is 0 Å². The van der Waals surface area contributed by atoms with Crippen molar-refractivity contribution < 1.29 is 22.7 Å². The van der Waals surface area contributed by atoms with E-state index in [1.54, 1.807) is 6.07 Å². The van der Waals surface area contributed by atoms with Gasteiger partial charge in [-0.15, -0.1) is 10.2 Å². The molecule has 1 aliphatic heterocycles. The van der Waals surface area contributed by atoms with Crippen LogP contribution in [-0.2, 0) is 27.8 Å². The molecule has 1 unspecified atom stereocenters. The molecule has 1 atom stereocenters. The summed E-state index contributed by atoms with van der Waals surface area (Å²) in [5, 5.41) is 9.73. The second-order valence-electron chi connectivity index (χ2n) is 5.19. The van der Waals surface area contributed by atoms with E-state index in [2.05, 4.69) is 31.2 Å². The van der Waals surface area contributed by atoms with E-state index in [0.29, 0.717) is 5.70 Å². The summed E-state index contributed by atoms with van der Waals surface area (Å²) in [4.78, 5) is 17.2. The van der Waals surface area contributed by atoms with Crippen LogP contribution in [0.15, 0.2) is 30.1 Å². The highest BCUT2D eigenvalue weighted by molar-refractivity contribution is 6.31. The second kappa shape index (κ2) is 6.53. The van der Waals surface area contributed by atoms with Crippen molar-refractivity contribution >= 4 is 17.6 Å². The first-order valence-corrected chi connectivity index (χ1v) is 7.43. The maximum atomic E-state index is 12.6. The smallest absolute Gasteiger partial charge is 0.455 e. The van der Waals surface area contributed by atoms with Gasteiger partial charge in [-0.1, -0.05) is 11.6 Å². The van der Waals surface area contributed by atoms with Crippen LogP contribution in [0.3, 0.4) is 0 Å². The summed E-state index contributed by atoms with van der Waals surface area (Å²) in [6.07, 6.45) is -1.87. The lowest BCUT2D eigenvalue weighted by atomic mass is 9.95. The summed E-state index contributed by atoms with van der Waals surface area (Å²) in [6.45, 7) is -0.209. The van der Waals surface area contributed by atoms with Crippen LogP contribution < -0.4 is 10.9 Å². The molecule has 13 heteroatoms. The molecule has 0 aromatic carbocycles. The summed E-state index contributed by atoms with van der Waals surface area (Å²) in [5.41, 5.74) is 4.30. The normalized spacial score (nSPS) is 19.8. The van der Waals surface area contributed by atoms with E-state index in [-0.39, 0.29) is 17.3 Å². The molecule has 0 amide bonds. The maximum Gasteiger partial charge on any atom is 0.455 e. The number of methoxy groups -OCH3 is 1. The van der Waals surface area contributed by atoms with Crippen molar-refractivity contribution in [3.8, 4) is 0 Å². The minimum atomic E-state index is -4.70. The Morgan fingerprint density at radius 1 is 1.46 bits per heavy atom. The fraction of sp³-hybridized carbons (Fsp3) is 0.308. The summed E-state index contributed by atoms with van der Waals surface area (Å²) in [6, 6.07) is 3.12. The number of hydrazine groups is 1. The molecule has 3 heterocycles. The van der Waals surface area contributed by atoms with E-state index in [0.717, 1.165) is 4.80 Å². The first-order chi connectivity index (χ1) is 12.3. The second-order valence-corrected chi connectivity index (χ2v) is 5.60. The van der Waals surface area contributed by atoms with Gasteiger partial charge in [-0.05, 0) is 23.4 Å². The number of hydrogen-bond acceptors (Lipinski definition) is 8. The number of nitrogens with one attached hydrogen (secondary N) is 2. The number of tetrazole rings is 1. The number of nitrogens with zero attached hydrogens (tertiary/aromatic N) is 5. The van der Waals surface area contributed by atoms with Crippen LogP contribution in [0.1, 0.15) is 11.5 Å². The van der Waals surface area contributed by atoms with E-state index < -0.39 is 23.5 Å². The summed E-state index contributed by atoms with van der Waals surface area (Å²) < 4.78 is 42.5. The van der Waals surface area contributed by atoms with E-state index >= 15 is 0 Å². The molecule has 0 saturated carbocycles. The Morgan fingerprint density at radius 3 is 2.85 bits per heavy atom. The van der Waals surface area contributed by atoms with Crippen molar-refractivity contribution in [3.05, 3.63) is 46.6 Å². The Hall–Kier alpha value is -2.73. The van der Waals surface area contributed by atoms with Gasteiger partial charge in [-0.3, -0.25) is 4.98 Å². The molecular formula is C13H11ClF3N7O2. The fourth-order valence-electron chi connectivity index (χ4n) is 2.34. The zero-order chi connectivity index (χ0) is 18.9. The van der Waals surface area contributed by atoms with E-state index in [1.165, 1.54) is 25.4 Å². The largest absolute Gasteiger partial charge is 0.467 e. The van der Waals surface area contributed by atoms with Gasteiger partial charge < -0.3 is 10.2 Å². The topological polar surface area (TPSA) is 107 Å². The molecular weight excluding hydrogens is 379 g/mol. The quantitative estimate of drug-likeness (QED) is 0.739. The summed E-state index contributed by atoms with van der Waals surface area (Å²) >= 11 is 6.12. The molecule has 0 aliphatic carbocycles. The van der Waals surface area contributed by atoms with Crippen LogP contribution in [0, 0.1) is 0 Å². The molecule has 2 aromatic heterocycles. The molecule has 2 N–H and O–H groups in total.